The van der Waals surface area contributed by atoms with Crippen molar-refractivity contribution < 1.29 is 8.83 Å². The van der Waals surface area contributed by atoms with Gasteiger partial charge in [-0.15, -0.1) is 5.10 Å². The summed E-state index contributed by atoms with van der Waals surface area (Å²) in [5, 5.41) is 10.3. The number of hydrogen-bond acceptors (Lipinski definition) is 6. The average molecular weight is 194 g/mol. The third kappa shape index (κ3) is 1.91. The van der Waals surface area contributed by atoms with E-state index in [0.717, 1.165) is 5.76 Å². The summed E-state index contributed by atoms with van der Waals surface area (Å²) in [5.41, 5.74) is 5.31. The maximum atomic E-state index is 5.31. The van der Waals surface area contributed by atoms with Crippen molar-refractivity contribution in [3.8, 4) is 0 Å². The van der Waals surface area contributed by atoms with Gasteiger partial charge in [-0.25, -0.2) is 0 Å². The first-order valence-corrected chi connectivity index (χ1v) is 4.17. The lowest BCUT2D eigenvalue weighted by Crippen LogP contribution is -1.98. The topological polar surface area (TPSA) is 90.1 Å². The van der Waals surface area contributed by atoms with Crippen LogP contribution in [0.3, 0.4) is 0 Å². The summed E-state index contributed by atoms with van der Waals surface area (Å²) >= 11 is 0. The predicted octanol–water partition coefficient (Wildman–Crippen LogP) is 0.733. The number of nitrogens with one attached hydrogen (secondary N) is 1. The molecule has 0 spiro atoms. The molecule has 2 aromatic rings. The van der Waals surface area contributed by atoms with Crippen molar-refractivity contribution in [2.75, 3.05) is 5.32 Å². The zero-order chi connectivity index (χ0) is 9.80. The molecular weight excluding hydrogens is 184 g/mol. The fourth-order valence-electron chi connectivity index (χ4n) is 0.983. The smallest absolute Gasteiger partial charge is 0.315 e. The first-order valence-electron chi connectivity index (χ1n) is 4.17. The Morgan fingerprint density at radius 1 is 1.43 bits per heavy atom. The van der Waals surface area contributed by atoms with Gasteiger partial charge in [0, 0.05) is 0 Å². The van der Waals surface area contributed by atoms with Crippen molar-refractivity contribution >= 4 is 6.01 Å². The Kier molecular flexibility index (Phi) is 2.46. The van der Waals surface area contributed by atoms with Crippen molar-refractivity contribution in [2.45, 2.75) is 13.1 Å². The molecule has 0 bridgehead atoms. The van der Waals surface area contributed by atoms with E-state index in [9.17, 15) is 0 Å². The Balaban J connectivity index is 1.92. The Morgan fingerprint density at radius 2 is 2.36 bits per heavy atom. The third-order valence-electron chi connectivity index (χ3n) is 1.64. The molecule has 6 nitrogen and oxygen atoms in total. The first kappa shape index (κ1) is 8.76. The van der Waals surface area contributed by atoms with Crippen molar-refractivity contribution in [3.05, 3.63) is 30.0 Å². The minimum Gasteiger partial charge on any atom is -0.467 e. The van der Waals surface area contributed by atoms with E-state index in [-0.39, 0.29) is 6.54 Å². The number of furan rings is 1. The highest BCUT2D eigenvalue weighted by atomic mass is 16.4. The van der Waals surface area contributed by atoms with E-state index < -0.39 is 0 Å². The van der Waals surface area contributed by atoms with Crippen LogP contribution in [-0.2, 0) is 13.1 Å². The van der Waals surface area contributed by atoms with Gasteiger partial charge in [0.2, 0.25) is 5.89 Å². The molecule has 74 valence electrons. The summed E-state index contributed by atoms with van der Waals surface area (Å²) < 4.78 is 10.2. The molecule has 0 fully saturated rings. The van der Waals surface area contributed by atoms with Crippen LogP contribution in [0.5, 0.6) is 0 Å². The quantitative estimate of drug-likeness (QED) is 0.745. The van der Waals surface area contributed by atoms with Crippen LogP contribution in [0.2, 0.25) is 0 Å². The van der Waals surface area contributed by atoms with Crippen LogP contribution in [0.15, 0.2) is 27.2 Å². The largest absolute Gasteiger partial charge is 0.467 e. The fraction of sp³-hybridized carbons (Fsp3) is 0.250. The van der Waals surface area contributed by atoms with E-state index in [2.05, 4.69) is 15.5 Å². The Labute approximate surface area is 80.1 Å². The molecule has 0 aliphatic rings. The zero-order valence-electron chi connectivity index (χ0n) is 7.43. The summed E-state index contributed by atoms with van der Waals surface area (Å²) in [4.78, 5) is 0. The first-order chi connectivity index (χ1) is 6.88. The van der Waals surface area contributed by atoms with Crippen LogP contribution in [0.1, 0.15) is 11.7 Å². The average Bonchev–Trinajstić information content (AvgIpc) is 2.86. The summed E-state index contributed by atoms with van der Waals surface area (Å²) in [6.45, 7) is 0.759. The monoisotopic (exact) mass is 194 g/mol. The molecule has 2 rings (SSSR count). The maximum Gasteiger partial charge on any atom is 0.315 e. The highest BCUT2D eigenvalue weighted by Crippen LogP contribution is 2.07. The normalized spacial score (nSPS) is 10.4. The van der Waals surface area contributed by atoms with Gasteiger partial charge in [0.05, 0.1) is 19.4 Å². The number of nitrogens with zero attached hydrogens (tertiary/aromatic N) is 2. The second kappa shape index (κ2) is 3.93. The molecule has 0 saturated carbocycles. The predicted molar refractivity (Wildman–Crippen MR) is 48.2 cm³/mol. The lowest BCUT2D eigenvalue weighted by molar-refractivity contribution is 0.493. The molecule has 2 heterocycles. The second-order valence-corrected chi connectivity index (χ2v) is 2.64. The molecule has 0 unspecified atom stereocenters. The molecule has 2 aromatic heterocycles. The highest BCUT2D eigenvalue weighted by Gasteiger charge is 2.03. The van der Waals surface area contributed by atoms with Gasteiger partial charge in [0.15, 0.2) is 0 Å². The lowest BCUT2D eigenvalue weighted by atomic mass is 10.4. The number of hydrogen-bond donors (Lipinski definition) is 2. The molecule has 3 N–H and O–H groups in total. The van der Waals surface area contributed by atoms with Crippen LogP contribution in [0.4, 0.5) is 6.01 Å². The maximum absolute atomic E-state index is 5.31. The van der Waals surface area contributed by atoms with Gasteiger partial charge in [-0.05, 0) is 12.1 Å². The van der Waals surface area contributed by atoms with Crippen LogP contribution in [0, 0.1) is 0 Å². The number of aromatic nitrogens is 2. The van der Waals surface area contributed by atoms with Crippen molar-refractivity contribution in [3.63, 3.8) is 0 Å². The minimum atomic E-state index is 0.245. The molecule has 0 aromatic carbocycles. The van der Waals surface area contributed by atoms with Crippen LogP contribution in [-0.4, -0.2) is 10.2 Å². The molecule has 0 saturated heterocycles. The van der Waals surface area contributed by atoms with Crippen molar-refractivity contribution in [1.82, 2.24) is 10.2 Å². The van der Waals surface area contributed by atoms with Gasteiger partial charge >= 0.3 is 6.01 Å². The molecule has 14 heavy (non-hydrogen) atoms. The molecule has 6 heteroatoms. The minimum absolute atomic E-state index is 0.245. The highest BCUT2D eigenvalue weighted by molar-refractivity contribution is 5.18. The van der Waals surface area contributed by atoms with Crippen LogP contribution >= 0.6 is 0 Å². The molecule has 0 radical (unpaired) electrons. The van der Waals surface area contributed by atoms with Gasteiger partial charge < -0.3 is 19.9 Å². The molecule has 0 amide bonds. The summed E-state index contributed by atoms with van der Waals surface area (Å²) in [5.74, 6) is 1.21. The SMILES string of the molecule is NCc1nnc(NCc2ccco2)o1. The number of anilines is 1. The third-order valence-corrected chi connectivity index (χ3v) is 1.64. The number of nitrogens with two attached hydrogens (primary N) is 1. The zero-order valence-corrected chi connectivity index (χ0v) is 7.43. The van der Waals surface area contributed by atoms with E-state index in [4.69, 9.17) is 14.6 Å². The van der Waals surface area contributed by atoms with E-state index in [1.165, 1.54) is 0 Å². The fourth-order valence-corrected chi connectivity index (χ4v) is 0.983. The van der Waals surface area contributed by atoms with E-state index in [1.807, 2.05) is 12.1 Å². The Hall–Kier alpha value is -1.82. The lowest BCUT2D eigenvalue weighted by Gasteiger charge is -1.95. The summed E-state index contributed by atoms with van der Waals surface area (Å²) in [6, 6.07) is 4.02. The van der Waals surface area contributed by atoms with Crippen molar-refractivity contribution in [2.24, 2.45) is 5.73 Å². The van der Waals surface area contributed by atoms with Gasteiger partial charge in [0.25, 0.3) is 0 Å². The number of rotatable bonds is 4. The Morgan fingerprint density at radius 3 is 3.00 bits per heavy atom. The van der Waals surface area contributed by atoms with Gasteiger partial charge in [-0.3, -0.25) is 0 Å². The molecule has 0 aliphatic carbocycles. The van der Waals surface area contributed by atoms with Crippen molar-refractivity contribution in [1.29, 1.82) is 0 Å². The second-order valence-electron chi connectivity index (χ2n) is 2.64. The summed E-state index contributed by atoms with van der Waals surface area (Å²) in [7, 11) is 0. The molecule has 0 aliphatic heterocycles. The molecule has 0 atom stereocenters. The van der Waals surface area contributed by atoms with Gasteiger partial charge in [-0.2, -0.15) is 0 Å². The standard InChI is InChI=1S/C8H10N4O2/c9-4-7-11-12-8(14-7)10-5-6-2-1-3-13-6/h1-3H,4-5,9H2,(H,10,12). The van der Waals surface area contributed by atoms with Gasteiger partial charge in [0.1, 0.15) is 5.76 Å². The van der Waals surface area contributed by atoms with E-state index in [1.54, 1.807) is 6.26 Å². The Bertz CT molecular complexity index is 382. The van der Waals surface area contributed by atoms with E-state index in [0.29, 0.717) is 18.5 Å². The summed E-state index contributed by atoms with van der Waals surface area (Å²) in [6.07, 6.45) is 1.61. The van der Waals surface area contributed by atoms with Crippen LogP contribution in [0.25, 0.3) is 0 Å². The van der Waals surface area contributed by atoms with Crippen LogP contribution < -0.4 is 11.1 Å². The van der Waals surface area contributed by atoms with E-state index >= 15 is 0 Å². The molecular formula is C8H10N4O2. The van der Waals surface area contributed by atoms with Gasteiger partial charge in [-0.1, -0.05) is 5.10 Å².